The average Bonchev–Trinajstić information content (AvgIpc) is 2.69. The van der Waals surface area contributed by atoms with E-state index >= 15 is 0 Å². The molecule has 0 spiro atoms. The quantitative estimate of drug-likeness (QED) is 0.551. The Morgan fingerprint density at radius 1 is 1.20 bits per heavy atom. The molecule has 0 aliphatic heterocycles. The molecule has 2 aromatic rings. The summed E-state index contributed by atoms with van der Waals surface area (Å²) in [4.78, 5) is 19.2. The minimum Gasteiger partial charge on any atom is -0.406 e. The third kappa shape index (κ3) is 6.12. The van der Waals surface area contributed by atoms with Gasteiger partial charge in [-0.3, -0.25) is 0 Å². The van der Waals surface area contributed by atoms with Gasteiger partial charge in [0.05, 0.1) is 16.9 Å². The third-order valence-corrected chi connectivity index (χ3v) is 5.21. The van der Waals surface area contributed by atoms with E-state index in [9.17, 15) is 18.0 Å². The number of halogens is 5. The van der Waals surface area contributed by atoms with Crippen molar-refractivity contribution in [3.63, 3.8) is 0 Å². The Morgan fingerprint density at radius 3 is 2.60 bits per heavy atom. The molecule has 0 radical (unpaired) electrons. The molecule has 1 aromatic heterocycles. The molecule has 162 valence electrons. The van der Waals surface area contributed by atoms with Crippen LogP contribution in [-0.2, 0) is 6.18 Å². The van der Waals surface area contributed by atoms with Gasteiger partial charge in [0, 0.05) is 11.6 Å². The summed E-state index contributed by atoms with van der Waals surface area (Å²) in [5, 5.41) is 5.66. The fourth-order valence-corrected chi connectivity index (χ4v) is 3.63. The molecular formula is C19H19Cl2F3N4O2. The van der Waals surface area contributed by atoms with Gasteiger partial charge in [-0.05, 0) is 37.0 Å². The van der Waals surface area contributed by atoms with Crippen LogP contribution in [0.3, 0.4) is 0 Å². The summed E-state index contributed by atoms with van der Waals surface area (Å²) in [7, 11) is 0. The lowest BCUT2D eigenvalue weighted by atomic mass is 9.89. The van der Waals surface area contributed by atoms with Crippen LogP contribution in [0.5, 0.6) is 5.75 Å². The van der Waals surface area contributed by atoms with Gasteiger partial charge < -0.3 is 15.4 Å². The van der Waals surface area contributed by atoms with Crippen LogP contribution in [-0.4, -0.2) is 22.6 Å². The predicted molar refractivity (Wildman–Crippen MR) is 107 cm³/mol. The molecule has 3 rings (SSSR count). The van der Waals surface area contributed by atoms with Crippen LogP contribution in [0, 0.1) is 5.92 Å². The van der Waals surface area contributed by atoms with Crippen molar-refractivity contribution in [2.45, 2.75) is 38.3 Å². The highest BCUT2D eigenvalue weighted by Gasteiger charge is 2.38. The van der Waals surface area contributed by atoms with Gasteiger partial charge in [-0.15, -0.1) is 0 Å². The molecule has 1 aromatic carbocycles. The largest absolute Gasteiger partial charge is 0.437 e. The van der Waals surface area contributed by atoms with Crippen LogP contribution in [0.4, 0.5) is 29.6 Å². The first-order chi connectivity index (χ1) is 14.2. The van der Waals surface area contributed by atoms with Gasteiger partial charge in [-0.2, -0.15) is 13.2 Å². The van der Waals surface area contributed by atoms with Crippen LogP contribution in [0.2, 0.25) is 10.0 Å². The minimum atomic E-state index is -4.86. The second kappa shape index (κ2) is 9.70. The first-order valence-corrected chi connectivity index (χ1v) is 10.1. The number of amides is 1. The maximum atomic E-state index is 13.5. The van der Waals surface area contributed by atoms with Crippen LogP contribution in [0.25, 0.3) is 0 Å². The van der Waals surface area contributed by atoms with Crippen molar-refractivity contribution in [1.29, 1.82) is 0 Å². The zero-order valence-corrected chi connectivity index (χ0v) is 17.2. The molecule has 11 heteroatoms. The van der Waals surface area contributed by atoms with Gasteiger partial charge in [0.2, 0.25) is 5.95 Å². The highest BCUT2D eigenvalue weighted by Crippen LogP contribution is 2.36. The fraction of sp³-hybridized carbons (Fsp3) is 0.421. The van der Waals surface area contributed by atoms with Crippen molar-refractivity contribution >= 4 is 40.9 Å². The Morgan fingerprint density at radius 2 is 1.93 bits per heavy atom. The Kier molecular flexibility index (Phi) is 7.25. The Hall–Kier alpha value is -2.26. The molecule has 1 fully saturated rings. The van der Waals surface area contributed by atoms with Gasteiger partial charge in [0.1, 0.15) is 0 Å². The topological polar surface area (TPSA) is 76.1 Å². The third-order valence-electron chi connectivity index (χ3n) is 4.66. The van der Waals surface area contributed by atoms with Crippen molar-refractivity contribution in [1.82, 2.24) is 15.3 Å². The highest BCUT2D eigenvalue weighted by molar-refractivity contribution is 6.36. The van der Waals surface area contributed by atoms with Crippen LogP contribution >= 0.6 is 23.2 Å². The van der Waals surface area contributed by atoms with E-state index < -0.39 is 23.7 Å². The Labute approximate surface area is 181 Å². The minimum absolute atomic E-state index is 0.182. The maximum absolute atomic E-state index is 13.5. The van der Waals surface area contributed by atoms with Gasteiger partial charge in [0.15, 0.2) is 11.4 Å². The van der Waals surface area contributed by atoms with Crippen LogP contribution in [0.1, 0.15) is 37.8 Å². The van der Waals surface area contributed by atoms with E-state index in [1.54, 1.807) is 0 Å². The van der Waals surface area contributed by atoms with Crippen LogP contribution in [0.15, 0.2) is 24.4 Å². The standard InChI is InChI=1S/C19H19Cl2F3N4O2/c20-12-6-7-14(13(21)8-12)27-17-25-10-15(16(28-17)19(22,23)24)30-18(29)26-9-11-4-2-1-3-5-11/h6-8,10-11H,1-5,9H2,(H,26,29)(H,25,27,28). The SMILES string of the molecule is O=C(NCC1CCCCC1)Oc1cnc(Nc2ccc(Cl)cc2Cl)nc1C(F)(F)F. The monoisotopic (exact) mass is 462 g/mol. The van der Waals surface area contributed by atoms with E-state index in [0.717, 1.165) is 38.3 Å². The van der Waals surface area contributed by atoms with E-state index in [2.05, 4.69) is 20.6 Å². The molecule has 1 saturated carbocycles. The molecule has 1 aliphatic carbocycles. The molecule has 1 heterocycles. The van der Waals surface area contributed by atoms with Crippen molar-refractivity contribution in [2.24, 2.45) is 5.92 Å². The number of nitrogens with zero attached hydrogens (tertiary/aromatic N) is 2. The zero-order valence-electron chi connectivity index (χ0n) is 15.7. The second-order valence-electron chi connectivity index (χ2n) is 6.93. The highest BCUT2D eigenvalue weighted by atomic mass is 35.5. The van der Waals surface area contributed by atoms with Crippen molar-refractivity contribution in [3.8, 4) is 5.75 Å². The summed E-state index contributed by atoms with van der Waals surface area (Å²) < 4.78 is 45.2. The number of ether oxygens (including phenoxy) is 1. The molecular weight excluding hydrogens is 444 g/mol. The maximum Gasteiger partial charge on any atom is 0.437 e. The summed E-state index contributed by atoms with van der Waals surface area (Å²) >= 11 is 11.8. The first kappa shape index (κ1) is 22.4. The molecule has 1 amide bonds. The Bertz CT molecular complexity index is 906. The number of hydrogen-bond acceptors (Lipinski definition) is 5. The van der Waals surface area contributed by atoms with Crippen molar-refractivity contribution in [2.75, 3.05) is 11.9 Å². The molecule has 2 N–H and O–H groups in total. The van der Waals surface area contributed by atoms with E-state index in [1.807, 2.05) is 0 Å². The number of anilines is 2. The number of alkyl halides is 3. The van der Waals surface area contributed by atoms with Crippen molar-refractivity contribution < 1.29 is 22.7 Å². The fourth-order valence-electron chi connectivity index (χ4n) is 3.17. The summed E-state index contributed by atoms with van der Waals surface area (Å²) in [5.74, 6) is -0.835. The molecule has 0 unspecified atom stereocenters. The van der Waals surface area contributed by atoms with E-state index in [-0.39, 0.29) is 16.7 Å². The predicted octanol–water partition coefficient (Wildman–Crippen LogP) is 6.21. The molecule has 0 atom stereocenters. The number of aromatic nitrogens is 2. The number of carbonyl (C=O) groups is 1. The Balaban J connectivity index is 1.71. The summed E-state index contributed by atoms with van der Waals surface area (Å²) in [6.45, 7) is 0.357. The van der Waals surface area contributed by atoms with E-state index in [1.165, 1.54) is 18.2 Å². The normalized spacial score (nSPS) is 15.0. The second-order valence-corrected chi connectivity index (χ2v) is 7.77. The number of carbonyl (C=O) groups excluding carboxylic acids is 1. The zero-order chi connectivity index (χ0) is 21.7. The van der Waals surface area contributed by atoms with Crippen LogP contribution < -0.4 is 15.4 Å². The smallest absolute Gasteiger partial charge is 0.406 e. The summed E-state index contributed by atoms with van der Waals surface area (Å²) in [6, 6.07) is 4.41. The number of rotatable bonds is 5. The van der Waals surface area contributed by atoms with Gasteiger partial charge in [-0.25, -0.2) is 14.8 Å². The summed E-state index contributed by atoms with van der Waals surface area (Å²) in [6.07, 6.45) is 0.240. The number of hydrogen-bond donors (Lipinski definition) is 2. The average molecular weight is 463 g/mol. The molecule has 0 bridgehead atoms. The molecule has 6 nitrogen and oxygen atoms in total. The number of benzene rings is 1. The van der Waals surface area contributed by atoms with Gasteiger partial charge >= 0.3 is 12.3 Å². The van der Waals surface area contributed by atoms with Gasteiger partial charge in [0.25, 0.3) is 0 Å². The van der Waals surface area contributed by atoms with E-state index in [0.29, 0.717) is 17.5 Å². The first-order valence-electron chi connectivity index (χ1n) is 9.34. The molecule has 30 heavy (non-hydrogen) atoms. The van der Waals surface area contributed by atoms with E-state index in [4.69, 9.17) is 27.9 Å². The lowest BCUT2D eigenvalue weighted by Gasteiger charge is -2.21. The van der Waals surface area contributed by atoms with Crippen molar-refractivity contribution in [3.05, 3.63) is 40.1 Å². The number of nitrogens with one attached hydrogen (secondary N) is 2. The lowest BCUT2D eigenvalue weighted by Crippen LogP contribution is -2.33. The van der Waals surface area contributed by atoms with Gasteiger partial charge in [-0.1, -0.05) is 42.5 Å². The molecule has 0 saturated heterocycles. The summed E-state index contributed by atoms with van der Waals surface area (Å²) in [5.41, 5.74) is -1.11. The molecule has 1 aliphatic rings. The lowest BCUT2D eigenvalue weighted by molar-refractivity contribution is -0.142.